The Bertz CT molecular complexity index is 996. The highest BCUT2D eigenvalue weighted by Gasteiger charge is 2.21. The Morgan fingerprint density at radius 2 is 1.87 bits per heavy atom. The standard InChI is InChI=1S/C20H26N8OS/c1-21-20-23-11-14(12-24-20)17-25-18(28-6-8-29-9-7-28)16-10-15(30-19(16)26-17)13-27-4-2-22-3-5-27/h10-12,22H,2-9,13H2,1H3,(H,21,23,24). The van der Waals surface area contributed by atoms with Gasteiger partial charge in [-0.1, -0.05) is 0 Å². The summed E-state index contributed by atoms with van der Waals surface area (Å²) in [6.07, 6.45) is 3.55. The summed E-state index contributed by atoms with van der Waals surface area (Å²) >= 11 is 1.76. The van der Waals surface area contributed by atoms with E-state index in [0.717, 1.165) is 80.6 Å². The fraction of sp³-hybridized carbons (Fsp3) is 0.500. The molecule has 5 heterocycles. The SMILES string of the molecule is CNc1ncc(-c2nc(N3CCOCC3)c3cc(CN4CCNCC4)sc3n2)cn1. The van der Waals surface area contributed by atoms with Crippen molar-refractivity contribution in [3.63, 3.8) is 0 Å². The first kappa shape index (κ1) is 19.6. The van der Waals surface area contributed by atoms with Crippen molar-refractivity contribution in [1.82, 2.24) is 30.2 Å². The van der Waals surface area contributed by atoms with Crippen molar-refractivity contribution < 1.29 is 4.74 Å². The summed E-state index contributed by atoms with van der Waals surface area (Å²) in [5, 5.41) is 7.49. The summed E-state index contributed by atoms with van der Waals surface area (Å²) in [4.78, 5) is 25.7. The minimum Gasteiger partial charge on any atom is -0.378 e. The van der Waals surface area contributed by atoms with Crippen molar-refractivity contribution in [3.8, 4) is 11.4 Å². The van der Waals surface area contributed by atoms with E-state index in [1.165, 1.54) is 4.88 Å². The van der Waals surface area contributed by atoms with Crippen LogP contribution in [0.4, 0.5) is 11.8 Å². The average molecular weight is 427 g/mol. The third-order valence-electron chi connectivity index (χ3n) is 5.46. The van der Waals surface area contributed by atoms with Crippen LogP contribution in [0.25, 0.3) is 21.6 Å². The van der Waals surface area contributed by atoms with Crippen molar-refractivity contribution in [2.45, 2.75) is 6.54 Å². The van der Waals surface area contributed by atoms with Crippen LogP contribution in [0, 0.1) is 0 Å². The number of fused-ring (bicyclic) bond motifs is 1. The molecule has 2 aliphatic rings. The summed E-state index contributed by atoms with van der Waals surface area (Å²) in [7, 11) is 1.81. The first-order valence-corrected chi connectivity index (χ1v) is 11.2. The third-order valence-corrected chi connectivity index (χ3v) is 6.47. The fourth-order valence-corrected chi connectivity index (χ4v) is 4.91. The number of ether oxygens (including phenoxy) is 1. The number of nitrogens with one attached hydrogen (secondary N) is 2. The summed E-state index contributed by atoms with van der Waals surface area (Å²) in [6.45, 7) is 8.34. The van der Waals surface area contributed by atoms with Crippen LogP contribution < -0.4 is 15.5 Å². The lowest BCUT2D eigenvalue weighted by Crippen LogP contribution is -2.42. The molecule has 2 aliphatic heterocycles. The first-order chi connectivity index (χ1) is 14.8. The van der Waals surface area contributed by atoms with Crippen LogP contribution in [-0.2, 0) is 11.3 Å². The molecule has 9 nitrogen and oxygen atoms in total. The number of nitrogens with zero attached hydrogens (tertiary/aromatic N) is 6. The number of hydrogen-bond acceptors (Lipinski definition) is 10. The third kappa shape index (κ3) is 4.08. The largest absolute Gasteiger partial charge is 0.378 e. The molecule has 0 saturated carbocycles. The van der Waals surface area contributed by atoms with Gasteiger partial charge in [-0.25, -0.2) is 19.9 Å². The Kier molecular flexibility index (Phi) is 5.71. The molecule has 2 fully saturated rings. The molecule has 0 aromatic carbocycles. The van der Waals surface area contributed by atoms with Gasteiger partial charge in [-0.2, -0.15) is 0 Å². The molecule has 30 heavy (non-hydrogen) atoms. The fourth-order valence-electron chi connectivity index (χ4n) is 3.84. The van der Waals surface area contributed by atoms with Gasteiger partial charge in [0.2, 0.25) is 5.95 Å². The highest BCUT2D eigenvalue weighted by Crippen LogP contribution is 2.34. The van der Waals surface area contributed by atoms with Gasteiger partial charge in [0.05, 0.1) is 24.2 Å². The summed E-state index contributed by atoms with van der Waals surface area (Å²) < 4.78 is 5.56. The van der Waals surface area contributed by atoms with E-state index >= 15 is 0 Å². The zero-order valence-electron chi connectivity index (χ0n) is 17.1. The number of morpholine rings is 1. The van der Waals surface area contributed by atoms with Crippen LogP contribution in [0.2, 0.25) is 0 Å². The molecule has 5 rings (SSSR count). The minimum atomic E-state index is 0.586. The highest BCUT2D eigenvalue weighted by molar-refractivity contribution is 7.18. The van der Waals surface area contributed by atoms with E-state index < -0.39 is 0 Å². The molecule has 0 amide bonds. The Balaban J connectivity index is 1.53. The number of thiophene rings is 1. The number of piperazine rings is 1. The van der Waals surface area contributed by atoms with Crippen LogP contribution in [-0.4, -0.2) is 84.4 Å². The van der Waals surface area contributed by atoms with Crippen LogP contribution >= 0.6 is 11.3 Å². The second-order valence-electron chi connectivity index (χ2n) is 7.47. The number of hydrogen-bond donors (Lipinski definition) is 2. The molecule has 3 aromatic heterocycles. The Hall–Kier alpha value is -2.40. The highest BCUT2D eigenvalue weighted by atomic mass is 32.1. The summed E-state index contributed by atoms with van der Waals surface area (Å²) in [5.74, 6) is 2.24. The molecule has 2 saturated heterocycles. The Morgan fingerprint density at radius 3 is 2.60 bits per heavy atom. The molecular weight excluding hydrogens is 400 g/mol. The van der Waals surface area contributed by atoms with Crippen molar-refractivity contribution in [2.75, 3.05) is 69.7 Å². The molecular formula is C20H26N8OS. The summed E-state index contributed by atoms with van der Waals surface area (Å²) in [5.41, 5.74) is 0.822. The predicted octanol–water partition coefficient (Wildman–Crippen LogP) is 1.43. The van der Waals surface area contributed by atoms with Crippen molar-refractivity contribution >= 4 is 33.3 Å². The van der Waals surface area contributed by atoms with Gasteiger partial charge >= 0.3 is 0 Å². The van der Waals surface area contributed by atoms with Crippen molar-refractivity contribution in [1.29, 1.82) is 0 Å². The monoisotopic (exact) mass is 426 g/mol. The second kappa shape index (κ2) is 8.76. The van der Waals surface area contributed by atoms with Gasteiger partial charge in [0, 0.05) is 70.1 Å². The molecule has 158 valence electrons. The van der Waals surface area contributed by atoms with Gasteiger partial charge in [0.1, 0.15) is 10.6 Å². The molecule has 0 atom stereocenters. The van der Waals surface area contributed by atoms with Crippen LogP contribution in [0.15, 0.2) is 18.5 Å². The van der Waals surface area contributed by atoms with Gasteiger partial charge < -0.3 is 20.3 Å². The second-order valence-corrected chi connectivity index (χ2v) is 8.59. The topological polar surface area (TPSA) is 91.3 Å². The lowest BCUT2D eigenvalue weighted by atomic mass is 10.2. The first-order valence-electron chi connectivity index (χ1n) is 10.4. The predicted molar refractivity (Wildman–Crippen MR) is 119 cm³/mol. The molecule has 10 heteroatoms. The molecule has 0 unspecified atom stereocenters. The van der Waals surface area contributed by atoms with Gasteiger partial charge in [0.25, 0.3) is 0 Å². The zero-order chi connectivity index (χ0) is 20.3. The molecule has 0 radical (unpaired) electrons. The minimum absolute atomic E-state index is 0.586. The van der Waals surface area contributed by atoms with Crippen molar-refractivity contribution in [3.05, 3.63) is 23.3 Å². The average Bonchev–Trinajstić information content (AvgIpc) is 3.22. The molecule has 0 aliphatic carbocycles. The van der Waals surface area contributed by atoms with E-state index in [1.54, 1.807) is 30.8 Å². The Labute approximate surface area is 179 Å². The van der Waals surface area contributed by atoms with Crippen LogP contribution in [0.5, 0.6) is 0 Å². The van der Waals surface area contributed by atoms with Gasteiger partial charge in [-0.3, -0.25) is 4.90 Å². The lowest BCUT2D eigenvalue weighted by molar-refractivity contribution is 0.122. The van der Waals surface area contributed by atoms with E-state index in [4.69, 9.17) is 14.7 Å². The number of rotatable bonds is 5. The maximum atomic E-state index is 5.56. The quantitative estimate of drug-likeness (QED) is 0.629. The molecule has 0 spiro atoms. The van der Waals surface area contributed by atoms with E-state index in [9.17, 15) is 0 Å². The van der Waals surface area contributed by atoms with Crippen molar-refractivity contribution in [2.24, 2.45) is 0 Å². The normalized spacial score (nSPS) is 18.1. The van der Waals surface area contributed by atoms with Crippen LogP contribution in [0.3, 0.4) is 0 Å². The maximum Gasteiger partial charge on any atom is 0.222 e. The van der Waals surface area contributed by atoms with E-state index in [1.807, 2.05) is 0 Å². The maximum absolute atomic E-state index is 5.56. The van der Waals surface area contributed by atoms with Gasteiger partial charge in [-0.15, -0.1) is 11.3 Å². The zero-order valence-corrected chi connectivity index (χ0v) is 17.9. The number of anilines is 2. The van der Waals surface area contributed by atoms with E-state index in [2.05, 4.69) is 36.5 Å². The smallest absolute Gasteiger partial charge is 0.222 e. The lowest BCUT2D eigenvalue weighted by Gasteiger charge is -2.28. The molecule has 3 aromatic rings. The van der Waals surface area contributed by atoms with Crippen LogP contribution in [0.1, 0.15) is 4.88 Å². The summed E-state index contributed by atoms with van der Waals surface area (Å²) in [6, 6.07) is 2.28. The Morgan fingerprint density at radius 1 is 1.10 bits per heavy atom. The number of aromatic nitrogens is 4. The molecule has 0 bridgehead atoms. The van der Waals surface area contributed by atoms with E-state index in [0.29, 0.717) is 11.8 Å². The van der Waals surface area contributed by atoms with E-state index in [-0.39, 0.29) is 0 Å². The molecule has 2 N–H and O–H groups in total. The van der Waals surface area contributed by atoms with Gasteiger partial charge in [-0.05, 0) is 6.07 Å². The van der Waals surface area contributed by atoms with Gasteiger partial charge in [0.15, 0.2) is 5.82 Å².